The second-order valence-corrected chi connectivity index (χ2v) is 8.78. The molecule has 162 valence electrons. The zero-order valence-corrected chi connectivity index (χ0v) is 18.6. The fourth-order valence-corrected chi connectivity index (χ4v) is 4.29. The summed E-state index contributed by atoms with van der Waals surface area (Å²) in [5.74, 6) is 1.12. The molecule has 0 spiro atoms. The van der Waals surface area contributed by atoms with E-state index in [1.165, 1.54) is 11.3 Å². The number of carbonyl (C=O) groups is 2. The number of hydrogen-bond acceptors (Lipinski definition) is 7. The molecule has 1 aliphatic rings. The monoisotopic (exact) mass is 431 g/mol. The second-order valence-electron chi connectivity index (χ2n) is 7.72. The van der Waals surface area contributed by atoms with Crippen LogP contribution in [0.15, 0.2) is 24.3 Å². The number of amides is 2. The topological polar surface area (TPSA) is 87.7 Å². The summed E-state index contributed by atoms with van der Waals surface area (Å²) in [7, 11) is 1.65. The molecular formula is C21H29N5O3S. The lowest BCUT2D eigenvalue weighted by molar-refractivity contribution is -0.133. The minimum atomic E-state index is -0.203. The summed E-state index contributed by atoms with van der Waals surface area (Å²) in [6, 6.07) is 7.93. The fraction of sp³-hybridized carbons (Fsp3) is 0.524. The Morgan fingerprint density at radius 3 is 2.63 bits per heavy atom. The van der Waals surface area contributed by atoms with Crippen molar-refractivity contribution in [3.63, 3.8) is 0 Å². The first-order valence-corrected chi connectivity index (χ1v) is 11.0. The van der Waals surface area contributed by atoms with Gasteiger partial charge in [0.05, 0.1) is 7.11 Å². The lowest BCUT2D eigenvalue weighted by Gasteiger charge is -2.36. The van der Waals surface area contributed by atoms with E-state index in [-0.39, 0.29) is 24.7 Å². The van der Waals surface area contributed by atoms with Crippen LogP contribution in [0.1, 0.15) is 31.7 Å². The Hall–Kier alpha value is -2.68. The molecule has 30 heavy (non-hydrogen) atoms. The van der Waals surface area contributed by atoms with Crippen molar-refractivity contribution in [1.82, 2.24) is 15.1 Å². The zero-order valence-electron chi connectivity index (χ0n) is 17.8. The van der Waals surface area contributed by atoms with Gasteiger partial charge < -0.3 is 19.9 Å². The Balaban J connectivity index is 1.41. The van der Waals surface area contributed by atoms with Crippen LogP contribution >= 0.6 is 11.3 Å². The smallest absolute Gasteiger partial charge is 0.226 e. The molecule has 0 bridgehead atoms. The van der Waals surface area contributed by atoms with Crippen molar-refractivity contribution >= 4 is 34.0 Å². The highest BCUT2D eigenvalue weighted by Gasteiger charge is 2.22. The van der Waals surface area contributed by atoms with E-state index in [0.717, 1.165) is 36.0 Å². The maximum absolute atomic E-state index is 12.5. The van der Waals surface area contributed by atoms with E-state index in [4.69, 9.17) is 4.74 Å². The van der Waals surface area contributed by atoms with Crippen molar-refractivity contribution < 1.29 is 14.3 Å². The maximum Gasteiger partial charge on any atom is 0.226 e. The van der Waals surface area contributed by atoms with Crippen LogP contribution in [0.4, 0.5) is 10.8 Å². The first-order chi connectivity index (χ1) is 14.4. The molecule has 1 fully saturated rings. The van der Waals surface area contributed by atoms with E-state index in [9.17, 15) is 9.59 Å². The predicted molar refractivity (Wildman–Crippen MR) is 118 cm³/mol. The highest BCUT2D eigenvalue weighted by atomic mass is 32.1. The molecule has 1 aromatic heterocycles. The lowest BCUT2D eigenvalue weighted by Crippen LogP contribution is -2.48. The van der Waals surface area contributed by atoms with Gasteiger partial charge in [-0.3, -0.25) is 9.59 Å². The molecule has 9 heteroatoms. The van der Waals surface area contributed by atoms with Gasteiger partial charge in [-0.15, -0.1) is 10.2 Å². The largest absolute Gasteiger partial charge is 0.497 e. The highest BCUT2D eigenvalue weighted by molar-refractivity contribution is 7.15. The molecule has 0 atom stereocenters. The predicted octanol–water partition coefficient (Wildman–Crippen LogP) is 2.81. The number of hydrogen-bond donors (Lipinski definition) is 1. The Morgan fingerprint density at radius 1 is 1.17 bits per heavy atom. The molecule has 8 nitrogen and oxygen atoms in total. The van der Waals surface area contributed by atoms with Crippen LogP contribution in [-0.4, -0.2) is 60.2 Å². The van der Waals surface area contributed by atoms with Gasteiger partial charge >= 0.3 is 0 Å². The minimum absolute atomic E-state index is 0.00760. The molecule has 2 amide bonds. The van der Waals surface area contributed by atoms with E-state index in [1.54, 1.807) is 7.11 Å². The summed E-state index contributed by atoms with van der Waals surface area (Å²) < 4.78 is 5.28. The zero-order chi connectivity index (χ0) is 21.5. The van der Waals surface area contributed by atoms with Gasteiger partial charge in [-0.05, 0) is 18.1 Å². The van der Waals surface area contributed by atoms with E-state index in [1.807, 2.05) is 29.2 Å². The van der Waals surface area contributed by atoms with Gasteiger partial charge in [0.2, 0.25) is 16.9 Å². The van der Waals surface area contributed by atoms with E-state index in [0.29, 0.717) is 24.1 Å². The van der Waals surface area contributed by atoms with Crippen LogP contribution in [0.25, 0.3) is 0 Å². The van der Waals surface area contributed by atoms with Gasteiger partial charge in [0, 0.05) is 57.2 Å². The highest BCUT2D eigenvalue weighted by Crippen LogP contribution is 2.22. The average Bonchev–Trinajstić information content (AvgIpc) is 3.18. The quantitative estimate of drug-likeness (QED) is 0.692. The number of ether oxygens (including phenoxy) is 1. The number of carbonyl (C=O) groups excluding carboxylic acids is 2. The summed E-state index contributed by atoms with van der Waals surface area (Å²) in [6.07, 6.45) is 1.18. The second kappa shape index (κ2) is 10.4. The van der Waals surface area contributed by atoms with Crippen LogP contribution in [0, 0.1) is 5.92 Å². The van der Waals surface area contributed by atoms with Crippen LogP contribution in [0.5, 0.6) is 5.75 Å². The number of piperazine rings is 1. The molecule has 0 aliphatic carbocycles. The van der Waals surface area contributed by atoms with Crippen LogP contribution in [0.3, 0.4) is 0 Å². The molecule has 0 unspecified atom stereocenters. The summed E-state index contributed by atoms with van der Waals surface area (Å²) in [6.45, 7) is 7.03. The number of rotatable bonds is 8. The lowest BCUT2D eigenvalue weighted by atomic mass is 10.1. The maximum atomic E-state index is 12.5. The van der Waals surface area contributed by atoms with E-state index >= 15 is 0 Å². The fourth-order valence-electron chi connectivity index (χ4n) is 3.32. The van der Waals surface area contributed by atoms with Gasteiger partial charge in [-0.25, -0.2) is 0 Å². The summed E-state index contributed by atoms with van der Waals surface area (Å²) in [5.41, 5.74) is 1.09. The first-order valence-electron chi connectivity index (χ1n) is 10.2. The molecular weight excluding hydrogens is 402 g/mol. The number of nitrogens with zero attached hydrogens (tertiary/aromatic N) is 4. The number of methoxy groups -OCH3 is 1. The van der Waals surface area contributed by atoms with Gasteiger partial charge in [-0.1, -0.05) is 31.3 Å². The third-order valence-electron chi connectivity index (χ3n) is 4.91. The molecule has 1 aliphatic heterocycles. The third-order valence-corrected chi connectivity index (χ3v) is 5.77. The summed E-state index contributed by atoms with van der Waals surface area (Å²) >= 11 is 1.39. The number of anilines is 2. The van der Waals surface area contributed by atoms with Crippen molar-refractivity contribution in [3.05, 3.63) is 29.3 Å². The molecule has 1 aromatic carbocycles. The van der Waals surface area contributed by atoms with Crippen LogP contribution in [0.2, 0.25) is 0 Å². The van der Waals surface area contributed by atoms with Gasteiger partial charge in [0.1, 0.15) is 10.8 Å². The molecule has 2 heterocycles. The van der Waals surface area contributed by atoms with E-state index < -0.39 is 0 Å². The SMILES string of the molecule is COc1cccc(N2CCN(C(=O)CCC(=O)Nc3nnc(CC(C)C)s3)CC2)c1. The van der Waals surface area contributed by atoms with Crippen molar-refractivity contribution in [2.24, 2.45) is 5.92 Å². The minimum Gasteiger partial charge on any atom is -0.497 e. The Morgan fingerprint density at radius 2 is 1.93 bits per heavy atom. The molecule has 0 radical (unpaired) electrons. The van der Waals surface area contributed by atoms with Crippen molar-refractivity contribution in [2.45, 2.75) is 33.1 Å². The number of aromatic nitrogens is 2. The van der Waals surface area contributed by atoms with Crippen molar-refractivity contribution in [3.8, 4) is 5.75 Å². The van der Waals surface area contributed by atoms with Gasteiger partial charge in [0.25, 0.3) is 0 Å². The first kappa shape index (κ1) is 22.0. The Labute approximate surface area is 181 Å². The molecule has 1 saturated heterocycles. The number of benzene rings is 1. The third kappa shape index (κ3) is 6.16. The van der Waals surface area contributed by atoms with Gasteiger partial charge in [0.15, 0.2) is 0 Å². The summed E-state index contributed by atoms with van der Waals surface area (Å²) in [4.78, 5) is 28.7. The van der Waals surface area contributed by atoms with Gasteiger partial charge in [-0.2, -0.15) is 0 Å². The van der Waals surface area contributed by atoms with Crippen LogP contribution < -0.4 is 15.0 Å². The van der Waals surface area contributed by atoms with E-state index in [2.05, 4.69) is 34.3 Å². The molecule has 0 saturated carbocycles. The van der Waals surface area contributed by atoms with Crippen molar-refractivity contribution in [1.29, 1.82) is 0 Å². The van der Waals surface area contributed by atoms with Crippen LogP contribution in [-0.2, 0) is 16.0 Å². The standard InChI is InChI=1S/C21H29N5O3S/c1-15(2)13-19-23-24-21(30-19)22-18(27)7-8-20(28)26-11-9-25(10-12-26)16-5-4-6-17(14-16)29-3/h4-6,14-15H,7-13H2,1-3H3,(H,22,24,27). The average molecular weight is 432 g/mol. The Bertz CT molecular complexity index is 862. The Kier molecular flexibility index (Phi) is 7.62. The normalized spacial score (nSPS) is 14.1. The van der Waals surface area contributed by atoms with Crippen molar-refractivity contribution in [2.75, 3.05) is 43.5 Å². The molecule has 1 N–H and O–H groups in total. The molecule has 2 aromatic rings. The number of nitrogens with one attached hydrogen (secondary N) is 1. The molecule has 3 rings (SSSR count). The summed E-state index contributed by atoms with van der Waals surface area (Å²) in [5, 5.41) is 12.2.